The van der Waals surface area contributed by atoms with Crippen molar-refractivity contribution in [2.24, 2.45) is 11.8 Å². The molecule has 1 fully saturated rings. The topological polar surface area (TPSA) is 30.5 Å². The van der Waals surface area contributed by atoms with E-state index in [1.807, 2.05) is 20.9 Å². The molecule has 0 aliphatic heterocycles. The Kier molecular flexibility index (Phi) is 7.87. The SMILES string of the molecule is CCOC(OCC)C(NC)C1CCC(CC)CC1. The molecule has 1 unspecified atom stereocenters. The van der Waals surface area contributed by atoms with Crippen LogP contribution < -0.4 is 5.32 Å². The van der Waals surface area contributed by atoms with E-state index in [2.05, 4.69) is 12.2 Å². The first kappa shape index (κ1) is 15.9. The summed E-state index contributed by atoms with van der Waals surface area (Å²) in [6.07, 6.45) is 6.58. The fourth-order valence-corrected chi connectivity index (χ4v) is 3.13. The lowest BCUT2D eigenvalue weighted by molar-refractivity contribution is -0.163. The molecular formula is C15H31NO2. The van der Waals surface area contributed by atoms with Gasteiger partial charge in [0.2, 0.25) is 0 Å². The maximum Gasteiger partial charge on any atom is 0.172 e. The van der Waals surface area contributed by atoms with E-state index in [0.29, 0.717) is 25.2 Å². The molecule has 18 heavy (non-hydrogen) atoms. The number of hydrogen-bond acceptors (Lipinski definition) is 3. The van der Waals surface area contributed by atoms with E-state index in [-0.39, 0.29) is 6.29 Å². The van der Waals surface area contributed by atoms with Crippen LogP contribution in [0.15, 0.2) is 0 Å². The minimum absolute atomic E-state index is 0.0897. The van der Waals surface area contributed by atoms with Gasteiger partial charge in [0.15, 0.2) is 6.29 Å². The molecule has 0 spiro atoms. The molecule has 1 rings (SSSR count). The molecule has 3 heteroatoms. The van der Waals surface area contributed by atoms with Crippen molar-refractivity contribution in [1.82, 2.24) is 5.32 Å². The van der Waals surface area contributed by atoms with Crippen LogP contribution in [-0.2, 0) is 9.47 Å². The largest absolute Gasteiger partial charge is 0.351 e. The predicted molar refractivity (Wildman–Crippen MR) is 75.6 cm³/mol. The monoisotopic (exact) mass is 257 g/mol. The third kappa shape index (κ3) is 4.52. The standard InChI is InChI=1S/C15H31NO2/c1-5-12-8-10-13(11-9-12)14(16-4)15(17-6-2)18-7-3/h12-16H,5-11H2,1-4H3. The van der Waals surface area contributed by atoms with Gasteiger partial charge in [-0.2, -0.15) is 0 Å². The molecular weight excluding hydrogens is 226 g/mol. The summed E-state index contributed by atoms with van der Waals surface area (Å²) >= 11 is 0. The molecule has 0 amide bonds. The minimum atomic E-state index is -0.0897. The Bertz CT molecular complexity index is 197. The van der Waals surface area contributed by atoms with Gasteiger partial charge in [-0.05, 0) is 45.6 Å². The quantitative estimate of drug-likeness (QED) is 0.677. The molecule has 0 aromatic heterocycles. The summed E-state index contributed by atoms with van der Waals surface area (Å²) in [6, 6.07) is 0.336. The highest BCUT2D eigenvalue weighted by atomic mass is 16.7. The number of rotatable bonds is 8. The average molecular weight is 257 g/mol. The van der Waals surface area contributed by atoms with Crippen LogP contribution in [0.25, 0.3) is 0 Å². The number of hydrogen-bond donors (Lipinski definition) is 1. The highest BCUT2D eigenvalue weighted by Gasteiger charge is 2.32. The van der Waals surface area contributed by atoms with Crippen LogP contribution in [-0.4, -0.2) is 32.6 Å². The Labute approximate surface area is 113 Å². The van der Waals surface area contributed by atoms with Gasteiger partial charge in [0.25, 0.3) is 0 Å². The van der Waals surface area contributed by atoms with Crippen molar-refractivity contribution >= 4 is 0 Å². The van der Waals surface area contributed by atoms with E-state index in [1.165, 1.54) is 32.1 Å². The van der Waals surface area contributed by atoms with Crippen molar-refractivity contribution in [3.8, 4) is 0 Å². The smallest absolute Gasteiger partial charge is 0.172 e. The number of ether oxygens (including phenoxy) is 2. The predicted octanol–water partition coefficient (Wildman–Crippen LogP) is 3.19. The summed E-state index contributed by atoms with van der Waals surface area (Å²) in [5.74, 6) is 1.64. The van der Waals surface area contributed by atoms with E-state index in [4.69, 9.17) is 9.47 Å². The molecule has 0 saturated heterocycles. The second-order valence-electron chi connectivity index (χ2n) is 5.28. The van der Waals surface area contributed by atoms with Crippen molar-refractivity contribution < 1.29 is 9.47 Å². The Hall–Kier alpha value is -0.120. The molecule has 1 N–H and O–H groups in total. The van der Waals surface area contributed by atoms with Gasteiger partial charge in [-0.1, -0.05) is 26.2 Å². The Balaban J connectivity index is 2.52. The molecule has 3 nitrogen and oxygen atoms in total. The Morgan fingerprint density at radius 3 is 1.94 bits per heavy atom. The van der Waals surface area contributed by atoms with Crippen LogP contribution in [0, 0.1) is 11.8 Å². The third-order valence-electron chi connectivity index (χ3n) is 4.27. The van der Waals surface area contributed by atoms with E-state index in [9.17, 15) is 0 Å². The van der Waals surface area contributed by atoms with E-state index in [1.54, 1.807) is 0 Å². The van der Waals surface area contributed by atoms with Gasteiger partial charge in [-0.3, -0.25) is 0 Å². The summed E-state index contributed by atoms with van der Waals surface area (Å²) < 4.78 is 11.5. The van der Waals surface area contributed by atoms with Crippen LogP contribution in [0.1, 0.15) is 52.9 Å². The Morgan fingerprint density at radius 1 is 1.00 bits per heavy atom. The second-order valence-corrected chi connectivity index (χ2v) is 5.28. The zero-order valence-corrected chi connectivity index (χ0v) is 12.6. The zero-order valence-electron chi connectivity index (χ0n) is 12.6. The van der Waals surface area contributed by atoms with Crippen LogP contribution in [0.2, 0.25) is 0 Å². The molecule has 108 valence electrons. The maximum absolute atomic E-state index is 5.76. The first-order valence-corrected chi connectivity index (χ1v) is 7.67. The van der Waals surface area contributed by atoms with E-state index in [0.717, 1.165) is 5.92 Å². The number of nitrogens with one attached hydrogen (secondary N) is 1. The summed E-state index contributed by atoms with van der Waals surface area (Å²) in [5, 5.41) is 3.42. The second kappa shape index (κ2) is 8.89. The lowest BCUT2D eigenvalue weighted by Crippen LogP contribution is -2.47. The van der Waals surface area contributed by atoms with Gasteiger partial charge < -0.3 is 14.8 Å². The molecule has 1 atom stereocenters. The van der Waals surface area contributed by atoms with Gasteiger partial charge in [-0.15, -0.1) is 0 Å². The van der Waals surface area contributed by atoms with Crippen LogP contribution in [0.5, 0.6) is 0 Å². The molecule has 0 aromatic carbocycles. The summed E-state index contributed by atoms with van der Waals surface area (Å²) in [4.78, 5) is 0. The van der Waals surface area contributed by atoms with Gasteiger partial charge in [0, 0.05) is 13.2 Å². The van der Waals surface area contributed by atoms with Crippen molar-refractivity contribution in [1.29, 1.82) is 0 Å². The van der Waals surface area contributed by atoms with Gasteiger partial charge >= 0.3 is 0 Å². The normalized spacial score (nSPS) is 26.5. The lowest BCUT2D eigenvalue weighted by atomic mass is 9.77. The van der Waals surface area contributed by atoms with E-state index < -0.39 is 0 Å². The fourth-order valence-electron chi connectivity index (χ4n) is 3.13. The van der Waals surface area contributed by atoms with E-state index >= 15 is 0 Å². The summed E-state index contributed by atoms with van der Waals surface area (Å²) in [5.41, 5.74) is 0. The highest BCUT2D eigenvalue weighted by molar-refractivity contribution is 4.83. The van der Waals surface area contributed by atoms with Crippen molar-refractivity contribution in [3.05, 3.63) is 0 Å². The lowest BCUT2D eigenvalue weighted by Gasteiger charge is -2.37. The average Bonchev–Trinajstić information content (AvgIpc) is 2.41. The molecule has 0 bridgehead atoms. The number of likely N-dealkylation sites (N-methyl/N-ethyl adjacent to an activating group) is 1. The molecule has 0 radical (unpaired) electrons. The summed E-state index contributed by atoms with van der Waals surface area (Å²) in [7, 11) is 2.03. The third-order valence-corrected chi connectivity index (χ3v) is 4.27. The van der Waals surface area contributed by atoms with Crippen molar-refractivity contribution in [3.63, 3.8) is 0 Å². The van der Waals surface area contributed by atoms with Crippen LogP contribution >= 0.6 is 0 Å². The molecule has 0 aromatic rings. The fraction of sp³-hybridized carbons (Fsp3) is 1.00. The minimum Gasteiger partial charge on any atom is -0.351 e. The van der Waals surface area contributed by atoms with Gasteiger partial charge in [0.1, 0.15) is 0 Å². The first-order chi connectivity index (χ1) is 8.76. The van der Waals surface area contributed by atoms with Crippen LogP contribution in [0.3, 0.4) is 0 Å². The van der Waals surface area contributed by atoms with Crippen molar-refractivity contribution in [2.75, 3.05) is 20.3 Å². The summed E-state index contributed by atoms with van der Waals surface area (Å²) in [6.45, 7) is 7.81. The first-order valence-electron chi connectivity index (χ1n) is 7.67. The van der Waals surface area contributed by atoms with Gasteiger partial charge in [0.05, 0.1) is 6.04 Å². The molecule has 1 aliphatic rings. The molecule has 0 heterocycles. The van der Waals surface area contributed by atoms with Gasteiger partial charge in [-0.25, -0.2) is 0 Å². The maximum atomic E-state index is 5.76. The highest BCUT2D eigenvalue weighted by Crippen LogP contribution is 2.33. The van der Waals surface area contributed by atoms with Crippen LogP contribution in [0.4, 0.5) is 0 Å². The Morgan fingerprint density at radius 2 is 1.56 bits per heavy atom. The van der Waals surface area contributed by atoms with Crippen molar-refractivity contribution in [2.45, 2.75) is 65.2 Å². The molecule has 1 aliphatic carbocycles. The molecule has 1 saturated carbocycles. The zero-order chi connectivity index (χ0) is 13.4.